The number of nitrogens with one attached hydrogen (secondary N) is 1. The second-order valence-corrected chi connectivity index (χ2v) is 8.22. The molecule has 0 spiro atoms. The second-order valence-electron chi connectivity index (χ2n) is 7.84. The average Bonchev–Trinajstić information content (AvgIpc) is 2.83. The Morgan fingerprint density at radius 1 is 1.18 bits per heavy atom. The maximum absolute atomic E-state index is 13.0. The number of hydrogen-bond acceptors (Lipinski definition) is 6. The van der Waals surface area contributed by atoms with Crippen molar-refractivity contribution in [3.05, 3.63) is 53.1 Å². The summed E-state index contributed by atoms with van der Waals surface area (Å²) in [7, 11) is 3.21. The number of ether oxygens (including phenoxy) is 3. The number of methoxy groups -OCH3 is 2. The van der Waals surface area contributed by atoms with E-state index in [9.17, 15) is 9.59 Å². The van der Waals surface area contributed by atoms with E-state index in [1.165, 1.54) is 0 Å². The summed E-state index contributed by atoms with van der Waals surface area (Å²) in [4.78, 5) is 29.1. The standard InChI is InChI=1S/C24H27N3O5S/c1-4-32-23(29)16-7-5-6-8-18(16)25-24(33)26-13-19-17-12-21(31-3)20(30-2)11-15(17)9-10-27(19)22(28)14-26/h5-8,11-12,19H,4,9-10,13-14H2,1-3H3,(H,25,33). The van der Waals surface area contributed by atoms with Crippen LogP contribution in [0.2, 0.25) is 0 Å². The van der Waals surface area contributed by atoms with Crippen LogP contribution in [-0.4, -0.2) is 67.2 Å². The lowest BCUT2D eigenvalue weighted by Crippen LogP contribution is -2.56. The molecule has 1 unspecified atom stereocenters. The first-order chi connectivity index (χ1) is 16.0. The molecule has 0 aliphatic carbocycles. The number of esters is 1. The van der Waals surface area contributed by atoms with Crippen molar-refractivity contribution in [3.63, 3.8) is 0 Å². The number of rotatable bonds is 5. The van der Waals surface area contributed by atoms with Crippen molar-refractivity contribution in [1.82, 2.24) is 9.80 Å². The molecular formula is C24H27N3O5S. The number of nitrogens with zero attached hydrogens (tertiary/aromatic N) is 2. The van der Waals surface area contributed by atoms with Crippen LogP contribution in [0, 0.1) is 0 Å². The van der Waals surface area contributed by atoms with E-state index in [2.05, 4.69) is 5.32 Å². The Hall–Kier alpha value is -3.33. The number of para-hydroxylation sites is 1. The Bertz CT molecular complexity index is 1090. The molecule has 2 heterocycles. The maximum atomic E-state index is 13.0. The Kier molecular flexibility index (Phi) is 6.69. The largest absolute Gasteiger partial charge is 0.493 e. The van der Waals surface area contributed by atoms with E-state index in [0.717, 1.165) is 17.5 Å². The maximum Gasteiger partial charge on any atom is 0.340 e. The van der Waals surface area contributed by atoms with E-state index in [0.29, 0.717) is 41.0 Å². The van der Waals surface area contributed by atoms with Gasteiger partial charge in [-0.15, -0.1) is 0 Å². The number of thiocarbonyl (C=S) groups is 1. The van der Waals surface area contributed by atoms with Crippen molar-refractivity contribution >= 4 is 34.9 Å². The van der Waals surface area contributed by atoms with Crippen molar-refractivity contribution in [3.8, 4) is 11.5 Å². The number of amides is 1. The fraction of sp³-hybridized carbons (Fsp3) is 0.375. The highest BCUT2D eigenvalue weighted by molar-refractivity contribution is 7.80. The van der Waals surface area contributed by atoms with E-state index >= 15 is 0 Å². The van der Waals surface area contributed by atoms with Gasteiger partial charge in [-0.05, 0) is 61.0 Å². The molecule has 0 bridgehead atoms. The lowest BCUT2D eigenvalue weighted by Gasteiger charge is -2.45. The Morgan fingerprint density at radius 3 is 2.64 bits per heavy atom. The van der Waals surface area contributed by atoms with Gasteiger partial charge in [-0.2, -0.15) is 0 Å². The highest BCUT2D eigenvalue weighted by Gasteiger charge is 2.38. The summed E-state index contributed by atoms with van der Waals surface area (Å²) in [5.74, 6) is 0.893. The third-order valence-electron chi connectivity index (χ3n) is 5.99. The predicted octanol–water partition coefficient (Wildman–Crippen LogP) is 3.02. The Balaban J connectivity index is 1.58. The van der Waals surface area contributed by atoms with Crippen LogP contribution in [0.15, 0.2) is 36.4 Å². The first-order valence-electron chi connectivity index (χ1n) is 10.8. The third kappa shape index (κ3) is 4.45. The lowest BCUT2D eigenvalue weighted by atomic mass is 9.90. The van der Waals surface area contributed by atoms with Crippen molar-refractivity contribution in [1.29, 1.82) is 0 Å². The van der Waals surface area contributed by atoms with Gasteiger partial charge in [0.1, 0.15) is 0 Å². The van der Waals surface area contributed by atoms with Gasteiger partial charge in [0, 0.05) is 13.1 Å². The monoisotopic (exact) mass is 469 g/mol. The number of fused-ring (bicyclic) bond motifs is 3. The smallest absolute Gasteiger partial charge is 0.340 e. The molecule has 4 rings (SSSR count). The molecule has 1 saturated heterocycles. The number of anilines is 1. The van der Waals surface area contributed by atoms with E-state index in [4.69, 9.17) is 26.4 Å². The fourth-order valence-corrected chi connectivity index (χ4v) is 4.63. The Labute approximate surface area is 198 Å². The minimum atomic E-state index is -0.424. The van der Waals surface area contributed by atoms with Gasteiger partial charge in [-0.3, -0.25) is 4.79 Å². The van der Waals surface area contributed by atoms with Crippen LogP contribution in [0.25, 0.3) is 0 Å². The first-order valence-corrected chi connectivity index (χ1v) is 11.2. The topological polar surface area (TPSA) is 80.3 Å². The summed E-state index contributed by atoms with van der Waals surface area (Å²) in [6.07, 6.45) is 0.757. The van der Waals surface area contributed by atoms with E-state index < -0.39 is 5.97 Å². The van der Waals surface area contributed by atoms with Crippen molar-refractivity contribution in [2.45, 2.75) is 19.4 Å². The molecule has 33 heavy (non-hydrogen) atoms. The fourth-order valence-electron chi connectivity index (χ4n) is 4.38. The molecule has 2 aliphatic heterocycles. The SMILES string of the molecule is CCOC(=O)c1ccccc1NC(=S)N1CC(=O)N2CCc3cc(OC)c(OC)cc3C2C1. The summed E-state index contributed by atoms with van der Waals surface area (Å²) >= 11 is 5.65. The van der Waals surface area contributed by atoms with Gasteiger partial charge in [0.2, 0.25) is 5.91 Å². The average molecular weight is 470 g/mol. The molecule has 0 saturated carbocycles. The second kappa shape index (κ2) is 9.66. The van der Waals surface area contributed by atoms with E-state index in [-0.39, 0.29) is 25.1 Å². The summed E-state index contributed by atoms with van der Waals surface area (Å²) in [6.45, 7) is 3.39. The van der Waals surface area contributed by atoms with Crippen LogP contribution in [-0.2, 0) is 16.0 Å². The first kappa shape index (κ1) is 22.8. The van der Waals surface area contributed by atoms with Crippen LogP contribution in [0.3, 0.4) is 0 Å². The molecule has 2 aliphatic rings. The number of hydrogen-bond donors (Lipinski definition) is 1. The van der Waals surface area contributed by atoms with Gasteiger partial charge in [0.25, 0.3) is 0 Å². The molecular weight excluding hydrogens is 442 g/mol. The zero-order chi connectivity index (χ0) is 23.5. The minimum Gasteiger partial charge on any atom is -0.493 e. The van der Waals surface area contributed by atoms with Gasteiger partial charge in [0.05, 0.1) is 44.7 Å². The molecule has 2 aromatic carbocycles. The van der Waals surface area contributed by atoms with Crippen LogP contribution in [0.4, 0.5) is 5.69 Å². The summed E-state index contributed by atoms with van der Waals surface area (Å²) in [6, 6.07) is 10.8. The highest BCUT2D eigenvalue weighted by atomic mass is 32.1. The molecule has 1 N–H and O–H groups in total. The molecule has 0 radical (unpaired) electrons. The molecule has 9 heteroatoms. The number of carbonyl (C=O) groups excluding carboxylic acids is 2. The predicted molar refractivity (Wildman–Crippen MR) is 128 cm³/mol. The summed E-state index contributed by atoms with van der Waals surface area (Å²) < 4.78 is 16.1. The summed E-state index contributed by atoms with van der Waals surface area (Å²) in [5.41, 5.74) is 3.11. The van der Waals surface area contributed by atoms with Crippen LogP contribution in [0.5, 0.6) is 11.5 Å². The van der Waals surface area contributed by atoms with Crippen molar-refractivity contribution < 1.29 is 23.8 Å². The number of benzene rings is 2. The highest BCUT2D eigenvalue weighted by Crippen LogP contribution is 2.39. The molecule has 2 aromatic rings. The van der Waals surface area contributed by atoms with Crippen molar-refractivity contribution in [2.75, 3.05) is 45.8 Å². The van der Waals surface area contributed by atoms with Crippen LogP contribution < -0.4 is 14.8 Å². The normalized spacial score (nSPS) is 17.1. The number of carbonyl (C=O) groups is 2. The molecule has 1 fully saturated rings. The van der Waals surface area contributed by atoms with Gasteiger partial charge >= 0.3 is 5.97 Å². The van der Waals surface area contributed by atoms with Crippen molar-refractivity contribution in [2.24, 2.45) is 0 Å². The lowest BCUT2D eigenvalue weighted by molar-refractivity contribution is -0.138. The molecule has 174 valence electrons. The molecule has 1 amide bonds. The van der Waals surface area contributed by atoms with Crippen LogP contribution >= 0.6 is 12.2 Å². The van der Waals surface area contributed by atoms with Gasteiger partial charge in [-0.25, -0.2) is 4.79 Å². The molecule has 8 nitrogen and oxygen atoms in total. The molecule has 1 atom stereocenters. The van der Waals surface area contributed by atoms with Gasteiger partial charge < -0.3 is 29.3 Å². The minimum absolute atomic E-state index is 0.00881. The van der Waals surface area contributed by atoms with Gasteiger partial charge in [0.15, 0.2) is 16.6 Å². The Morgan fingerprint density at radius 2 is 1.91 bits per heavy atom. The zero-order valence-electron chi connectivity index (χ0n) is 18.9. The van der Waals surface area contributed by atoms with E-state index in [1.807, 2.05) is 28.0 Å². The summed E-state index contributed by atoms with van der Waals surface area (Å²) in [5, 5.41) is 3.52. The number of piperazine rings is 1. The van der Waals surface area contributed by atoms with Gasteiger partial charge in [-0.1, -0.05) is 12.1 Å². The van der Waals surface area contributed by atoms with E-state index in [1.54, 1.807) is 39.3 Å². The third-order valence-corrected chi connectivity index (χ3v) is 6.35. The van der Waals surface area contributed by atoms with Crippen LogP contribution in [0.1, 0.15) is 34.5 Å². The quantitative estimate of drug-likeness (QED) is 0.529. The molecule has 0 aromatic heterocycles. The zero-order valence-corrected chi connectivity index (χ0v) is 19.7.